The summed E-state index contributed by atoms with van der Waals surface area (Å²) in [4.78, 5) is 40.3. The zero-order valence-corrected chi connectivity index (χ0v) is 15.6. The zero-order chi connectivity index (χ0) is 18.8. The highest BCUT2D eigenvalue weighted by Gasteiger charge is 2.37. The molecule has 0 unspecified atom stereocenters. The van der Waals surface area contributed by atoms with E-state index >= 15 is 0 Å². The molecule has 3 aliphatic heterocycles. The van der Waals surface area contributed by atoms with E-state index in [9.17, 15) is 14.4 Å². The van der Waals surface area contributed by atoms with Gasteiger partial charge in [0.1, 0.15) is 19.8 Å². The predicted molar refractivity (Wildman–Crippen MR) is 101 cm³/mol. The maximum Gasteiger partial charge on any atom is 0.294 e. The second-order valence-corrected chi connectivity index (χ2v) is 7.61. The van der Waals surface area contributed by atoms with Gasteiger partial charge in [0.25, 0.3) is 11.1 Å². The SMILES string of the molecule is O=C(CN1C(=O)SC(=Cc2ccc3c(c2)OCCO3)C1=O)N1CCCCC1. The second-order valence-electron chi connectivity index (χ2n) is 6.61. The van der Waals surface area contributed by atoms with Crippen LogP contribution in [0.15, 0.2) is 23.1 Å². The first-order valence-electron chi connectivity index (χ1n) is 9.04. The van der Waals surface area contributed by atoms with Crippen LogP contribution < -0.4 is 9.47 Å². The standard InChI is InChI=1S/C19H20N2O5S/c22-17(20-6-2-1-3-7-20)12-21-18(23)16(27-19(21)24)11-13-4-5-14-15(10-13)26-9-8-25-14/h4-5,10-11H,1-3,6-9,12H2. The van der Waals surface area contributed by atoms with Crippen LogP contribution in [-0.4, -0.2) is 59.7 Å². The maximum absolute atomic E-state index is 12.6. The van der Waals surface area contributed by atoms with Crippen LogP contribution in [0, 0.1) is 0 Å². The lowest BCUT2D eigenvalue weighted by Gasteiger charge is -2.27. The summed E-state index contributed by atoms with van der Waals surface area (Å²) >= 11 is 0.858. The number of carbonyl (C=O) groups is 3. The molecule has 2 saturated heterocycles. The number of piperidine rings is 1. The van der Waals surface area contributed by atoms with E-state index < -0.39 is 11.1 Å². The number of thioether (sulfide) groups is 1. The van der Waals surface area contributed by atoms with Gasteiger partial charge in [0.05, 0.1) is 4.91 Å². The van der Waals surface area contributed by atoms with Gasteiger partial charge in [-0.15, -0.1) is 0 Å². The van der Waals surface area contributed by atoms with Crippen molar-refractivity contribution >= 4 is 34.9 Å². The summed E-state index contributed by atoms with van der Waals surface area (Å²) in [5, 5.41) is -0.408. The van der Waals surface area contributed by atoms with Gasteiger partial charge in [-0.05, 0) is 54.8 Å². The van der Waals surface area contributed by atoms with Gasteiger partial charge in [0.15, 0.2) is 11.5 Å². The Balaban J connectivity index is 1.47. The number of likely N-dealkylation sites (tertiary alicyclic amines) is 1. The number of carbonyl (C=O) groups excluding carboxylic acids is 3. The summed E-state index contributed by atoms with van der Waals surface area (Å²) in [5.41, 5.74) is 0.743. The normalized spacial score (nSPS) is 21.1. The predicted octanol–water partition coefficient (Wildman–Crippen LogP) is 2.51. The Bertz CT molecular complexity index is 816. The Kier molecular flexibility index (Phi) is 5.07. The molecule has 0 spiro atoms. The molecule has 1 aromatic rings. The number of nitrogens with zero attached hydrogens (tertiary/aromatic N) is 2. The molecule has 4 rings (SSSR count). The fourth-order valence-electron chi connectivity index (χ4n) is 3.32. The Morgan fingerprint density at radius 2 is 1.81 bits per heavy atom. The van der Waals surface area contributed by atoms with E-state index in [1.807, 2.05) is 0 Å². The van der Waals surface area contributed by atoms with Crippen molar-refractivity contribution in [2.45, 2.75) is 19.3 Å². The summed E-state index contributed by atoms with van der Waals surface area (Å²) in [6, 6.07) is 5.37. The highest BCUT2D eigenvalue weighted by molar-refractivity contribution is 8.18. The first kappa shape index (κ1) is 17.9. The Morgan fingerprint density at radius 3 is 2.59 bits per heavy atom. The van der Waals surface area contributed by atoms with Crippen LogP contribution in [0.1, 0.15) is 24.8 Å². The van der Waals surface area contributed by atoms with Gasteiger partial charge >= 0.3 is 0 Å². The van der Waals surface area contributed by atoms with Gasteiger partial charge in [-0.1, -0.05) is 6.07 Å². The molecular formula is C19H20N2O5S. The van der Waals surface area contributed by atoms with Gasteiger partial charge in [-0.3, -0.25) is 19.3 Å². The molecule has 0 saturated carbocycles. The molecule has 27 heavy (non-hydrogen) atoms. The van der Waals surface area contributed by atoms with Crippen LogP contribution in [-0.2, 0) is 9.59 Å². The summed E-state index contributed by atoms with van der Waals surface area (Å²) < 4.78 is 11.0. The van der Waals surface area contributed by atoms with Crippen LogP contribution in [0.5, 0.6) is 11.5 Å². The van der Waals surface area contributed by atoms with Crippen LogP contribution >= 0.6 is 11.8 Å². The van der Waals surface area contributed by atoms with E-state index in [0.29, 0.717) is 42.7 Å². The molecule has 0 atom stereocenters. The average Bonchev–Trinajstić information content (AvgIpc) is 2.96. The van der Waals surface area contributed by atoms with E-state index in [1.165, 1.54) is 0 Å². The van der Waals surface area contributed by atoms with Crippen molar-refractivity contribution in [1.29, 1.82) is 0 Å². The van der Waals surface area contributed by atoms with Crippen molar-refractivity contribution in [2.24, 2.45) is 0 Å². The van der Waals surface area contributed by atoms with E-state index in [-0.39, 0.29) is 12.5 Å². The number of rotatable bonds is 3. The molecule has 3 aliphatic rings. The van der Waals surface area contributed by atoms with E-state index in [1.54, 1.807) is 29.2 Å². The smallest absolute Gasteiger partial charge is 0.294 e. The quantitative estimate of drug-likeness (QED) is 0.741. The number of ether oxygens (including phenoxy) is 2. The van der Waals surface area contributed by atoms with Crippen LogP contribution in [0.25, 0.3) is 6.08 Å². The fourth-order valence-corrected chi connectivity index (χ4v) is 4.15. The Morgan fingerprint density at radius 1 is 1.07 bits per heavy atom. The van der Waals surface area contributed by atoms with Gasteiger partial charge in [-0.25, -0.2) is 0 Å². The number of benzene rings is 1. The van der Waals surface area contributed by atoms with Gasteiger partial charge in [0, 0.05) is 13.1 Å². The largest absolute Gasteiger partial charge is 0.486 e. The third-order valence-electron chi connectivity index (χ3n) is 4.74. The Labute approximate surface area is 161 Å². The highest BCUT2D eigenvalue weighted by Crippen LogP contribution is 2.35. The molecule has 8 heteroatoms. The number of imide groups is 1. The van der Waals surface area contributed by atoms with Crippen LogP contribution in [0.3, 0.4) is 0 Å². The van der Waals surface area contributed by atoms with Crippen molar-refractivity contribution in [3.8, 4) is 11.5 Å². The molecule has 0 N–H and O–H groups in total. The summed E-state index contributed by atoms with van der Waals surface area (Å²) in [7, 11) is 0. The lowest BCUT2D eigenvalue weighted by Crippen LogP contribution is -2.44. The molecule has 0 aliphatic carbocycles. The molecule has 2 fully saturated rings. The lowest BCUT2D eigenvalue weighted by molar-refractivity contribution is -0.136. The molecular weight excluding hydrogens is 368 g/mol. The van der Waals surface area contributed by atoms with Crippen LogP contribution in [0.2, 0.25) is 0 Å². The number of hydrogen-bond acceptors (Lipinski definition) is 6. The van der Waals surface area contributed by atoms with Gasteiger partial charge in [-0.2, -0.15) is 0 Å². The van der Waals surface area contributed by atoms with Crippen molar-refractivity contribution in [3.05, 3.63) is 28.7 Å². The molecule has 0 bridgehead atoms. The molecule has 1 aromatic carbocycles. The Hall–Kier alpha value is -2.48. The first-order chi connectivity index (χ1) is 13.1. The minimum atomic E-state index is -0.426. The monoisotopic (exact) mass is 388 g/mol. The lowest BCUT2D eigenvalue weighted by atomic mass is 10.1. The van der Waals surface area contributed by atoms with E-state index in [2.05, 4.69) is 0 Å². The van der Waals surface area contributed by atoms with E-state index in [4.69, 9.17) is 9.47 Å². The molecule has 3 heterocycles. The average molecular weight is 388 g/mol. The topological polar surface area (TPSA) is 76.1 Å². The number of fused-ring (bicyclic) bond motifs is 1. The molecule has 3 amide bonds. The molecule has 0 radical (unpaired) electrons. The summed E-state index contributed by atoms with van der Waals surface area (Å²) in [6.45, 7) is 2.19. The minimum absolute atomic E-state index is 0.169. The van der Waals surface area contributed by atoms with Crippen molar-refractivity contribution in [2.75, 3.05) is 32.8 Å². The number of hydrogen-bond donors (Lipinski definition) is 0. The highest BCUT2D eigenvalue weighted by atomic mass is 32.2. The second kappa shape index (κ2) is 7.64. The van der Waals surface area contributed by atoms with Crippen molar-refractivity contribution in [1.82, 2.24) is 9.80 Å². The van der Waals surface area contributed by atoms with Crippen molar-refractivity contribution in [3.63, 3.8) is 0 Å². The minimum Gasteiger partial charge on any atom is -0.486 e. The van der Waals surface area contributed by atoms with Crippen LogP contribution in [0.4, 0.5) is 4.79 Å². The summed E-state index contributed by atoms with van der Waals surface area (Å²) in [5.74, 6) is 0.691. The zero-order valence-electron chi connectivity index (χ0n) is 14.8. The summed E-state index contributed by atoms with van der Waals surface area (Å²) in [6.07, 6.45) is 4.70. The first-order valence-corrected chi connectivity index (χ1v) is 9.86. The fraction of sp³-hybridized carbons (Fsp3) is 0.421. The number of amides is 3. The van der Waals surface area contributed by atoms with Crippen molar-refractivity contribution < 1.29 is 23.9 Å². The third-order valence-corrected chi connectivity index (χ3v) is 5.65. The van der Waals surface area contributed by atoms with E-state index in [0.717, 1.165) is 41.5 Å². The maximum atomic E-state index is 12.6. The third kappa shape index (κ3) is 3.80. The van der Waals surface area contributed by atoms with Gasteiger partial charge < -0.3 is 14.4 Å². The molecule has 7 nitrogen and oxygen atoms in total. The molecule has 0 aromatic heterocycles. The molecule has 142 valence electrons. The van der Waals surface area contributed by atoms with Gasteiger partial charge in [0.2, 0.25) is 5.91 Å².